The lowest BCUT2D eigenvalue weighted by atomic mass is 10.1. The number of carbonyl (C=O) groups is 1. The second-order valence-corrected chi connectivity index (χ2v) is 5.86. The highest BCUT2D eigenvalue weighted by atomic mass is 35.5. The van der Waals surface area contributed by atoms with Gasteiger partial charge in [-0.05, 0) is 37.3 Å². The Kier molecular flexibility index (Phi) is 5.18. The van der Waals surface area contributed by atoms with Crippen LogP contribution < -0.4 is 5.32 Å². The number of anilines is 2. The van der Waals surface area contributed by atoms with Crippen LogP contribution in [0.25, 0.3) is 11.0 Å². The van der Waals surface area contributed by atoms with Crippen molar-refractivity contribution in [2.24, 2.45) is 0 Å². The molecule has 0 amide bonds. The Balaban J connectivity index is 2.15. The van der Waals surface area contributed by atoms with Crippen molar-refractivity contribution < 1.29 is 22.7 Å². The molecule has 0 saturated heterocycles. The van der Waals surface area contributed by atoms with E-state index in [-0.39, 0.29) is 34.2 Å². The lowest BCUT2D eigenvalue weighted by Gasteiger charge is -2.15. The molecule has 27 heavy (non-hydrogen) atoms. The van der Waals surface area contributed by atoms with Gasteiger partial charge in [0.2, 0.25) is 0 Å². The second-order valence-electron chi connectivity index (χ2n) is 5.47. The number of fused-ring (bicyclic) bond motifs is 1. The Morgan fingerprint density at radius 2 is 2.04 bits per heavy atom. The highest BCUT2D eigenvalue weighted by Gasteiger charge is 2.30. The zero-order valence-electron chi connectivity index (χ0n) is 14.0. The van der Waals surface area contributed by atoms with Gasteiger partial charge in [0.25, 0.3) is 0 Å². The number of nitrogens with zero attached hydrogens (tertiary/aromatic N) is 2. The molecule has 3 aromatic rings. The summed E-state index contributed by atoms with van der Waals surface area (Å²) >= 11 is 5.94. The molecule has 0 bridgehead atoms. The molecule has 0 unspecified atom stereocenters. The van der Waals surface area contributed by atoms with E-state index in [4.69, 9.17) is 16.3 Å². The van der Waals surface area contributed by atoms with E-state index < -0.39 is 17.7 Å². The van der Waals surface area contributed by atoms with E-state index >= 15 is 0 Å². The standard InChI is InChI=1S/C18H13ClF3N3O2/c1-2-27-17(26)12-9-23-13-6-7-14(19)25-16(13)15(12)24-11-5-3-4-10(8-11)18(20,21)22/h3-9H,2H2,1H3,(H,23,24). The van der Waals surface area contributed by atoms with Crippen molar-refractivity contribution in [3.63, 3.8) is 0 Å². The minimum atomic E-state index is -4.50. The SMILES string of the molecule is CCOC(=O)c1cnc2ccc(Cl)nc2c1Nc1cccc(C(F)(F)F)c1. The van der Waals surface area contributed by atoms with Crippen LogP contribution in [0, 0.1) is 0 Å². The average Bonchev–Trinajstić information content (AvgIpc) is 2.62. The van der Waals surface area contributed by atoms with Crippen molar-refractivity contribution in [2.75, 3.05) is 11.9 Å². The first kappa shape index (κ1) is 18.9. The van der Waals surface area contributed by atoms with Crippen LogP contribution in [0.1, 0.15) is 22.8 Å². The van der Waals surface area contributed by atoms with Crippen LogP contribution >= 0.6 is 11.6 Å². The van der Waals surface area contributed by atoms with Gasteiger partial charge in [0.15, 0.2) is 0 Å². The Bertz CT molecular complexity index is 1010. The van der Waals surface area contributed by atoms with Crippen LogP contribution in [-0.4, -0.2) is 22.5 Å². The summed E-state index contributed by atoms with van der Waals surface area (Å²) in [6.45, 7) is 1.77. The maximum Gasteiger partial charge on any atom is 0.416 e. The summed E-state index contributed by atoms with van der Waals surface area (Å²) in [5.41, 5.74) is 0.170. The van der Waals surface area contributed by atoms with Crippen LogP contribution in [0.4, 0.5) is 24.5 Å². The number of alkyl halides is 3. The Labute approximate surface area is 157 Å². The van der Waals surface area contributed by atoms with Gasteiger partial charge in [0.1, 0.15) is 16.2 Å². The number of pyridine rings is 2. The molecule has 1 aromatic carbocycles. The summed E-state index contributed by atoms with van der Waals surface area (Å²) in [4.78, 5) is 20.6. The first-order chi connectivity index (χ1) is 12.8. The third-order valence-corrected chi connectivity index (χ3v) is 3.84. The average molecular weight is 396 g/mol. The predicted octanol–water partition coefficient (Wildman–Crippen LogP) is 5.22. The van der Waals surface area contributed by atoms with E-state index in [9.17, 15) is 18.0 Å². The number of aromatic nitrogens is 2. The van der Waals surface area contributed by atoms with Gasteiger partial charge in [-0.3, -0.25) is 4.98 Å². The summed E-state index contributed by atoms with van der Waals surface area (Å²) in [6.07, 6.45) is -3.21. The topological polar surface area (TPSA) is 64.1 Å². The summed E-state index contributed by atoms with van der Waals surface area (Å²) in [6, 6.07) is 7.72. The van der Waals surface area contributed by atoms with Gasteiger partial charge in [-0.1, -0.05) is 17.7 Å². The van der Waals surface area contributed by atoms with Crippen molar-refractivity contribution in [1.29, 1.82) is 0 Å². The van der Waals surface area contributed by atoms with Gasteiger partial charge < -0.3 is 10.1 Å². The largest absolute Gasteiger partial charge is 0.462 e. The number of rotatable bonds is 4. The maximum atomic E-state index is 13.0. The Hall–Kier alpha value is -2.87. The van der Waals surface area contributed by atoms with Crippen LogP contribution in [-0.2, 0) is 10.9 Å². The highest BCUT2D eigenvalue weighted by molar-refractivity contribution is 6.30. The van der Waals surface area contributed by atoms with Crippen molar-refractivity contribution in [1.82, 2.24) is 9.97 Å². The smallest absolute Gasteiger partial charge is 0.416 e. The van der Waals surface area contributed by atoms with Gasteiger partial charge in [0.05, 0.1) is 23.4 Å². The van der Waals surface area contributed by atoms with Crippen molar-refractivity contribution in [3.8, 4) is 0 Å². The van der Waals surface area contributed by atoms with E-state index in [1.165, 1.54) is 24.4 Å². The third kappa shape index (κ3) is 4.11. The van der Waals surface area contributed by atoms with E-state index in [0.717, 1.165) is 12.1 Å². The van der Waals surface area contributed by atoms with Gasteiger partial charge in [0, 0.05) is 11.9 Å². The maximum absolute atomic E-state index is 13.0. The van der Waals surface area contributed by atoms with Crippen LogP contribution in [0.2, 0.25) is 5.15 Å². The fourth-order valence-electron chi connectivity index (χ4n) is 2.45. The molecule has 2 aromatic heterocycles. The van der Waals surface area contributed by atoms with Crippen molar-refractivity contribution in [2.45, 2.75) is 13.1 Å². The minimum absolute atomic E-state index is 0.0385. The minimum Gasteiger partial charge on any atom is -0.462 e. The van der Waals surface area contributed by atoms with E-state index in [0.29, 0.717) is 5.52 Å². The lowest BCUT2D eigenvalue weighted by molar-refractivity contribution is -0.137. The summed E-state index contributed by atoms with van der Waals surface area (Å²) in [5, 5.41) is 2.98. The van der Waals surface area contributed by atoms with Gasteiger partial charge in [-0.15, -0.1) is 0 Å². The third-order valence-electron chi connectivity index (χ3n) is 3.63. The van der Waals surface area contributed by atoms with Gasteiger partial charge in [-0.2, -0.15) is 13.2 Å². The molecule has 0 saturated carbocycles. The summed E-state index contributed by atoms with van der Waals surface area (Å²) in [5.74, 6) is -0.678. The lowest BCUT2D eigenvalue weighted by Crippen LogP contribution is -2.10. The van der Waals surface area contributed by atoms with E-state index in [1.807, 2.05) is 0 Å². The van der Waals surface area contributed by atoms with Crippen LogP contribution in [0.3, 0.4) is 0 Å². The van der Waals surface area contributed by atoms with E-state index in [1.54, 1.807) is 13.0 Å². The molecule has 0 aliphatic carbocycles. The molecule has 9 heteroatoms. The summed E-state index contributed by atoms with van der Waals surface area (Å²) < 4.78 is 43.9. The molecule has 0 spiro atoms. The number of hydrogen-bond donors (Lipinski definition) is 1. The number of nitrogens with one attached hydrogen (secondary N) is 1. The molecule has 1 N–H and O–H groups in total. The zero-order chi connectivity index (χ0) is 19.6. The van der Waals surface area contributed by atoms with Gasteiger partial charge in [-0.25, -0.2) is 9.78 Å². The van der Waals surface area contributed by atoms with Gasteiger partial charge >= 0.3 is 12.1 Å². The monoisotopic (exact) mass is 395 g/mol. The number of hydrogen-bond acceptors (Lipinski definition) is 5. The number of benzene rings is 1. The molecular formula is C18H13ClF3N3O2. The molecule has 0 fully saturated rings. The summed E-state index contributed by atoms with van der Waals surface area (Å²) in [7, 11) is 0. The fourth-order valence-corrected chi connectivity index (χ4v) is 2.60. The number of halogens is 4. The normalized spacial score (nSPS) is 11.4. The Morgan fingerprint density at radius 1 is 1.26 bits per heavy atom. The number of ether oxygens (including phenoxy) is 1. The van der Waals surface area contributed by atoms with Crippen LogP contribution in [0.5, 0.6) is 0 Å². The van der Waals surface area contributed by atoms with Crippen LogP contribution in [0.15, 0.2) is 42.6 Å². The quantitative estimate of drug-likeness (QED) is 0.484. The molecule has 0 aliphatic rings. The molecule has 140 valence electrons. The zero-order valence-corrected chi connectivity index (χ0v) is 14.7. The first-order valence-electron chi connectivity index (χ1n) is 7.86. The molecule has 0 radical (unpaired) electrons. The van der Waals surface area contributed by atoms with E-state index in [2.05, 4.69) is 15.3 Å². The first-order valence-corrected chi connectivity index (χ1v) is 8.24. The fraction of sp³-hybridized carbons (Fsp3) is 0.167. The molecule has 0 aliphatic heterocycles. The highest BCUT2D eigenvalue weighted by Crippen LogP contribution is 2.33. The molecular weight excluding hydrogens is 383 g/mol. The second kappa shape index (κ2) is 7.40. The van der Waals surface area contributed by atoms with Crippen molar-refractivity contribution in [3.05, 3.63) is 58.9 Å². The van der Waals surface area contributed by atoms with Crippen molar-refractivity contribution >= 4 is 40.0 Å². The predicted molar refractivity (Wildman–Crippen MR) is 95.2 cm³/mol. The molecule has 2 heterocycles. The number of esters is 1. The molecule has 0 atom stereocenters. The molecule has 5 nitrogen and oxygen atoms in total. The Morgan fingerprint density at radius 3 is 2.74 bits per heavy atom. The number of carbonyl (C=O) groups excluding carboxylic acids is 1. The molecule has 3 rings (SSSR count).